The molecule has 0 aromatic carbocycles. The van der Waals surface area contributed by atoms with Crippen molar-refractivity contribution in [2.45, 2.75) is 13.8 Å². The van der Waals surface area contributed by atoms with E-state index in [4.69, 9.17) is 0 Å². The van der Waals surface area contributed by atoms with Crippen LogP contribution in [0.5, 0.6) is 0 Å². The molecule has 0 fully saturated rings. The van der Waals surface area contributed by atoms with Crippen molar-refractivity contribution in [1.29, 1.82) is 0 Å². The largest absolute Gasteiger partial charge is 0.351 e. The standard InChI is InChI=1S/C14H19N5O/c1-10-8-11(2)19(18-10)13-5-4-12(9-17-13)14(20)16-7-6-15-3/h4-5,8-9,15H,6-7H2,1-3H3,(H,16,20). The monoisotopic (exact) mass is 273 g/mol. The van der Waals surface area contributed by atoms with E-state index in [0.717, 1.165) is 17.9 Å². The molecular formula is C14H19N5O. The molecule has 106 valence electrons. The van der Waals surface area contributed by atoms with Gasteiger partial charge in [0.2, 0.25) is 0 Å². The summed E-state index contributed by atoms with van der Waals surface area (Å²) in [5.74, 6) is 0.593. The summed E-state index contributed by atoms with van der Waals surface area (Å²) >= 11 is 0. The van der Waals surface area contributed by atoms with Crippen molar-refractivity contribution in [3.8, 4) is 5.82 Å². The molecule has 6 heteroatoms. The molecule has 0 spiro atoms. The van der Waals surface area contributed by atoms with E-state index in [-0.39, 0.29) is 5.91 Å². The summed E-state index contributed by atoms with van der Waals surface area (Å²) in [4.78, 5) is 16.1. The smallest absolute Gasteiger partial charge is 0.252 e. The summed E-state index contributed by atoms with van der Waals surface area (Å²) < 4.78 is 1.76. The second kappa shape index (κ2) is 6.29. The van der Waals surface area contributed by atoms with E-state index in [2.05, 4.69) is 20.7 Å². The summed E-state index contributed by atoms with van der Waals surface area (Å²) in [6.45, 7) is 5.24. The van der Waals surface area contributed by atoms with Crippen LogP contribution in [0.4, 0.5) is 0 Å². The Kier molecular flexibility index (Phi) is 4.47. The quantitative estimate of drug-likeness (QED) is 0.792. The van der Waals surface area contributed by atoms with E-state index in [9.17, 15) is 4.79 Å². The minimum absolute atomic E-state index is 0.118. The van der Waals surface area contributed by atoms with Crippen LogP contribution < -0.4 is 10.6 Å². The summed E-state index contributed by atoms with van der Waals surface area (Å²) in [7, 11) is 1.84. The molecule has 0 unspecified atom stereocenters. The van der Waals surface area contributed by atoms with Crippen molar-refractivity contribution in [3.05, 3.63) is 41.3 Å². The zero-order chi connectivity index (χ0) is 14.5. The molecule has 0 radical (unpaired) electrons. The minimum atomic E-state index is -0.118. The lowest BCUT2D eigenvalue weighted by Crippen LogP contribution is -2.30. The third-order valence-corrected chi connectivity index (χ3v) is 2.90. The highest BCUT2D eigenvalue weighted by Gasteiger charge is 2.08. The van der Waals surface area contributed by atoms with Gasteiger partial charge in [0.25, 0.3) is 5.91 Å². The van der Waals surface area contributed by atoms with Crippen LogP contribution in [0.15, 0.2) is 24.4 Å². The number of rotatable bonds is 5. The molecule has 20 heavy (non-hydrogen) atoms. The lowest BCUT2D eigenvalue weighted by Gasteiger charge is -2.06. The molecule has 2 aromatic rings. The van der Waals surface area contributed by atoms with Crippen LogP contribution in [0.3, 0.4) is 0 Å². The number of carbonyl (C=O) groups excluding carboxylic acids is 1. The Balaban J connectivity index is 2.10. The molecule has 2 heterocycles. The summed E-state index contributed by atoms with van der Waals surface area (Å²) in [5.41, 5.74) is 2.51. The second-order valence-electron chi connectivity index (χ2n) is 4.60. The topological polar surface area (TPSA) is 71.8 Å². The van der Waals surface area contributed by atoms with Crippen LogP contribution in [0.25, 0.3) is 5.82 Å². The molecule has 2 rings (SSSR count). The fourth-order valence-corrected chi connectivity index (χ4v) is 1.91. The van der Waals surface area contributed by atoms with Crippen LogP contribution >= 0.6 is 0 Å². The zero-order valence-corrected chi connectivity index (χ0v) is 12.0. The maximum Gasteiger partial charge on any atom is 0.252 e. The van der Waals surface area contributed by atoms with Crippen molar-refractivity contribution in [2.75, 3.05) is 20.1 Å². The fraction of sp³-hybridized carbons (Fsp3) is 0.357. The van der Waals surface area contributed by atoms with Crippen LogP contribution in [-0.4, -0.2) is 40.8 Å². The number of aryl methyl sites for hydroxylation is 2. The fourth-order valence-electron chi connectivity index (χ4n) is 1.91. The van der Waals surface area contributed by atoms with Crippen LogP contribution in [0, 0.1) is 13.8 Å². The predicted octanol–water partition coefficient (Wildman–Crippen LogP) is 0.833. The number of pyridine rings is 1. The van der Waals surface area contributed by atoms with Gasteiger partial charge in [-0.05, 0) is 39.1 Å². The van der Waals surface area contributed by atoms with E-state index in [1.807, 2.05) is 27.0 Å². The average molecular weight is 273 g/mol. The molecule has 0 atom stereocenters. The Bertz CT molecular complexity index is 588. The van der Waals surface area contributed by atoms with Gasteiger partial charge in [-0.2, -0.15) is 5.10 Å². The van der Waals surface area contributed by atoms with Gasteiger partial charge in [0.15, 0.2) is 5.82 Å². The maximum absolute atomic E-state index is 11.8. The van der Waals surface area contributed by atoms with Gasteiger partial charge in [0.05, 0.1) is 11.3 Å². The highest BCUT2D eigenvalue weighted by atomic mass is 16.1. The number of nitrogens with zero attached hydrogens (tertiary/aromatic N) is 3. The normalized spacial score (nSPS) is 10.6. The predicted molar refractivity (Wildman–Crippen MR) is 77.1 cm³/mol. The van der Waals surface area contributed by atoms with Gasteiger partial charge in [0.1, 0.15) is 0 Å². The highest BCUT2D eigenvalue weighted by Crippen LogP contribution is 2.10. The molecule has 0 saturated carbocycles. The van der Waals surface area contributed by atoms with Gasteiger partial charge in [-0.15, -0.1) is 0 Å². The Morgan fingerprint density at radius 2 is 2.10 bits per heavy atom. The SMILES string of the molecule is CNCCNC(=O)c1ccc(-n2nc(C)cc2C)nc1. The van der Waals surface area contributed by atoms with Gasteiger partial charge >= 0.3 is 0 Å². The highest BCUT2D eigenvalue weighted by molar-refractivity contribution is 5.93. The van der Waals surface area contributed by atoms with Gasteiger partial charge in [-0.3, -0.25) is 4.79 Å². The Hall–Kier alpha value is -2.21. The first-order chi connectivity index (χ1) is 9.61. The molecule has 0 saturated heterocycles. The van der Waals surface area contributed by atoms with E-state index in [0.29, 0.717) is 17.9 Å². The number of aromatic nitrogens is 3. The number of likely N-dealkylation sites (N-methyl/N-ethyl adjacent to an activating group) is 1. The zero-order valence-electron chi connectivity index (χ0n) is 12.0. The van der Waals surface area contributed by atoms with Gasteiger partial charge in [-0.1, -0.05) is 0 Å². The van der Waals surface area contributed by atoms with Gasteiger partial charge in [-0.25, -0.2) is 9.67 Å². The molecule has 6 nitrogen and oxygen atoms in total. The van der Waals surface area contributed by atoms with Crippen molar-refractivity contribution in [1.82, 2.24) is 25.4 Å². The van der Waals surface area contributed by atoms with Crippen LogP contribution in [0.2, 0.25) is 0 Å². The Morgan fingerprint density at radius 3 is 2.65 bits per heavy atom. The first kappa shape index (κ1) is 14.2. The van der Waals surface area contributed by atoms with E-state index >= 15 is 0 Å². The number of hydrogen-bond acceptors (Lipinski definition) is 4. The first-order valence-electron chi connectivity index (χ1n) is 6.54. The third kappa shape index (κ3) is 3.21. The Labute approximate surface area is 118 Å². The molecule has 2 N–H and O–H groups in total. The second-order valence-corrected chi connectivity index (χ2v) is 4.60. The number of amides is 1. The van der Waals surface area contributed by atoms with Crippen molar-refractivity contribution in [3.63, 3.8) is 0 Å². The third-order valence-electron chi connectivity index (χ3n) is 2.90. The molecular weight excluding hydrogens is 254 g/mol. The molecule has 2 aromatic heterocycles. The minimum Gasteiger partial charge on any atom is -0.351 e. The maximum atomic E-state index is 11.8. The summed E-state index contributed by atoms with van der Waals surface area (Å²) in [6, 6.07) is 5.54. The molecule has 0 aliphatic heterocycles. The first-order valence-corrected chi connectivity index (χ1v) is 6.54. The number of carbonyl (C=O) groups is 1. The van der Waals surface area contributed by atoms with Gasteiger partial charge < -0.3 is 10.6 Å². The van der Waals surface area contributed by atoms with E-state index < -0.39 is 0 Å². The lowest BCUT2D eigenvalue weighted by atomic mass is 10.2. The van der Waals surface area contributed by atoms with E-state index in [1.165, 1.54) is 0 Å². The summed E-state index contributed by atoms with van der Waals surface area (Å²) in [5, 5.41) is 10.1. The van der Waals surface area contributed by atoms with Crippen molar-refractivity contribution < 1.29 is 4.79 Å². The number of hydrogen-bond donors (Lipinski definition) is 2. The van der Waals surface area contributed by atoms with Crippen molar-refractivity contribution >= 4 is 5.91 Å². The van der Waals surface area contributed by atoms with Crippen molar-refractivity contribution in [2.24, 2.45) is 0 Å². The number of nitrogens with one attached hydrogen (secondary N) is 2. The molecule has 0 bridgehead atoms. The van der Waals surface area contributed by atoms with Gasteiger partial charge in [0, 0.05) is 25.0 Å². The molecule has 0 aliphatic rings. The Morgan fingerprint density at radius 1 is 1.30 bits per heavy atom. The molecule has 1 amide bonds. The lowest BCUT2D eigenvalue weighted by molar-refractivity contribution is 0.0954. The summed E-state index contributed by atoms with van der Waals surface area (Å²) in [6.07, 6.45) is 1.57. The van der Waals surface area contributed by atoms with Crippen LogP contribution in [-0.2, 0) is 0 Å². The van der Waals surface area contributed by atoms with Crippen LogP contribution in [0.1, 0.15) is 21.7 Å². The van der Waals surface area contributed by atoms with E-state index in [1.54, 1.807) is 23.0 Å². The molecule has 0 aliphatic carbocycles. The average Bonchev–Trinajstić information content (AvgIpc) is 2.78.